The van der Waals surface area contributed by atoms with Crippen LogP contribution in [0.15, 0.2) is 12.7 Å². The molecule has 0 amide bonds. The van der Waals surface area contributed by atoms with Gasteiger partial charge in [0.2, 0.25) is 0 Å². The van der Waals surface area contributed by atoms with Gasteiger partial charge in [0.1, 0.15) is 12.7 Å². The summed E-state index contributed by atoms with van der Waals surface area (Å²) in [6.45, 7) is 10.2. The van der Waals surface area contributed by atoms with Crippen LogP contribution < -0.4 is 0 Å². The zero-order valence-corrected chi connectivity index (χ0v) is 11.8. The molecule has 0 unspecified atom stereocenters. The van der Waals surface area contributed by atoms with E-state index >= 15 is 0 Å². The van der Waals surface area contributed by atoms with Crippen molar-refractivity contribution >= 4 is 0 Å². The van der Waals surface area contributed by atoms with Crippen LogP contribution in [0, 0.1) is 5.92 Å². The highest BCUT2D eigenvalue weighted by Gasteiger charge is 2.27. The van der Waals surface area contributed by atoms with E-state index in [0.717, 1.165) is 19.0 Å². The van der Waals surface area contributed by atoms with Gasteiger partial charge in [0.15, 0.2) is 0 Å². The molecule has 0 spiro atoms. The molecule has 1 aromatic heterocycles. The molecule has 2 rings (SSSR count). The molecule has 0 bridgehead atoms. The monoisotopic (exact) mass is 251 g/mol. The Hall–Kier alpha value is -0.940. The van der Waals surface area contributed by atoms with Crippen molar-refractivity contribution in [1.82, 2.24) is 24.6 Å². The maximum atomic E-state index is 4.15. The summed E-state index contributed by atoms with van der Waals surface area (Å²) in [5.74, 6) is 0.749. The lowest BCUT2D eigenvalue weighted by molar-refractivity contribution is 0.0802. The molecule has 0 N–H and O–H groups in total. The van der Waals surface area contributed by atoms with E-state index < -0.39 is 0 Å². The minimum Gasteiger partial charge on any atom is -0.303 e. The first kappa shape index (κ1) is 13.5. The Balaban J connectivity index is 1.80. The van der Waals surface area contributed by atoms with E-state index in [1.54, 1.807) is 12.7 Å². The average Bonchev–Trinajstić information content (AvgIpc) is 2.88. The van der Waals surface area contributed by atoms with E-state index in [-0.39, 0.29) is 0 Å². The quantitative estimate of drug-likeness (QED) is 0.780. The van der Waals surface area contributed by atoms with Gasteiger partial charge in [0, 0.05) is 19.1 Å². The highest BCUT2D eigenvalue weighted by atomic mass is 15.3. The van der Waals surface area contributed by atoms with Crippen LogP contribution in [-0.4, -0.2) is 63.8 Å². The Morgan fingerprint density at radius 3 is 2.89 bits per heavy atom. The van der Waals surface area contributed by atoms with Gasteiger partial charge in [-0.25, -0.2) is 4.98 Å². The third-order valence-electron chi connectivity index (χ3n) is 4.11. The first-order valence-electron chi connectivity index (χ1n) is 6.95. The van der Waals surface area contributed by atoms with Gasteiger partial charge in [-0.05, 0) is 32.5 Å². The standard InChI is InChI=1S/C13H25N5/c1-4-17-6-5-13(12(2)9-17)16(3)7-8-18-11-14-10-15-18/h10-13H,4-9H2,1-3H3/t12-,13-/m1/s1. The normalized spacial score (nSPS) is 25.8. The van der Waals surface area contributed by atoms with Gasteiger partial charge in [-0.15, -0.1) is 0 Å². The van der Waals surface area contributed by atoms with Gasteiger partial charge in [0.25, 0.3) is 0 Å². The number of hydrogen-bond donors (Lipinski definition) is 0. The van der Waals surface area contributed by atoms with Crippen molar-refractivity contribution in [2.45, 2.75) is 32.9 Å². The van der Waals surface area contributed by atoms with E-state index in [1.165, 1.54) is 26.1 Å². The van der Waals surface area contributed by atoms with Gasteiger partial charge in [-0.2, -0.15) is 5.10 Å². The van der Waals surface area contributed by atoms with E-state index in [1.807, 2.05) is 4.68 Å². The van der Waals surface area contributed by atoms with Crippen LogP contribution in [0.2, 0.25) is 0 Å². The van der Waals surface area contributed by atoms with Crippen molar-refractivity contribution < 1.29 is 0 Å². The Morgan fingerprint density at radius 2 is 2.28 bits per heavy atom. The molecule has 102 valence electrons. The van der Waals surface area contributed by atoms with Crippen LogP contribution >= 0.6 is 0 Å². The molecule has 2 atom stereocenters. The summed E-state index contributed by atoms with van der Waals surface area (Å²) in [4.78, 5) is 9.01. The lowest BCUT2D eigenvalue weighted by atomic mass is 9.92. The summed E-state index contributed by atoms with van der Waals surface area (Å²) in [7, 11) is 2.24. The molecule has 0 saturated carbocycles. The first-order chi connectivity index (χ1) is 8.70. The van der Waals surface area contributed by atoms with E-state index in [0.29, 0.717) is 6.04 Å². The number of aromatic nitrogens is 3. The number of likely N-dealkylation sites (tertiary alicyclic amines) is 1. The van der Waals surface area contributed by atoms with Crippen molar-refractivity contribution in [3.8, 4) is 0 Å². The second-order valence-corrected chi connectivity index (χ2v) is 5.37. The molecule has 1 fully saturated rings. The molecule has 5 nitrogen and oxygen atoms in total. The largest absolute Gasteiger partial charge is 0.303 e. The Morgan fingerprint density at radius 1 is 1.44 bits per heavy atom. The molecule has 0 aliphatic carbocycles. The topological polar surface area (TPSA) is 37.2 Å². The molecule has 1 aliphatic rings. The molecule has 1 aromatic rings. The van der Waals surface area contributed by atoms with E-state index in [4.69, 9.17) is 0 Å². The van der Waals surface area contributed by atoms with Crippen LogP contribution in [0.25, 0.3) is 0 Å². The predicted octanol–water partition coefficient (Wildman–Crippen LogP) is 0.940. The fraction of sp³-hybridized carbons (Fsp3) is 0.846. The molecule has 2 heterocycles. The summed E-state index contributed by atoms with van der Waals surface area (Å²) in [5, 5.41) is 4.15. The Kier molecular flexibility index (Phi) is 4.72. The zero-order valence-electron chi connectivity index (χ0n) is 11.8. The maximum Gasteiger partial charge on any atom is 0.137 e. The Bertz CT molecular complexity index is 337. The molecular formula is C13H25N5. The highest BCUT2D eigenvalue weighted by molar-refractivity contribution is 4.83. The van der Waals surface area contributed by atoms with Gasteiger partial charge in [-0.3, -0.25) is 4.68 Å². The third-order valence-corrected chi connectivity index (χ3v) is 4.11. The lowest BCUT2D eigenvalue weighted by Crippen LogP contribution is -2.49. The summed E-state index contributed by atoms with van der Waals surface area (Å²) < 4.78 is 1.91. The van der Waals surface area contributed by atoms with Crippen molar-refractivity contribution in [1.29, 1.82) is 0 Å². The average molecular weight is 251 g/mol. The van der Waals surface area contributed by atoms with Crippen LogP contribution in [0.3, 0.4) is 0 Å². The van der Waals surface area contributed by atoms with Crippen LogP contribution in [0.4, 0.5) is 0 Å². The van der Waals surface area contributed by atoms with E-state index in [2.05, 4.69) is 40.8 Å². The zero-order chi connectivity index (χ0) is 13.0. The number of hydrogen-bond acceptors (Lipinski definition) is 4. The highest BCUT2D eigenvalue weighted by Crippen LogP contribution is 2.20. The number of likely N-dealkylation sites (N-methyl/N-ethyl adjacent to an activating group) is 1. The number of nitrogens with zero attached hydrogens (tertiary/aromatic N) is 5. The van der Waals surface area contributed by atoms with Gasteiger partial charge >= 0.3 is 0 Å². The molecule has 1 aliphatic heterocycles. The molecule has 1 saturated heterocycles. The first-order valence-corrected chi connectivity index (χ1v) is 6.95. The third kappa shape index (κ3) is 3.29. The van der Waals surface area contributed by atoms with Crippen molar-refractivity contribution in [3.63, 3.8) is 0 Å². The van der Waals surface area contributed by atoms with E-state index in [9.17, 15) is 0 Å². The summed E-state index contributed by atoms with van der Waals surface area (Å²) in [5.41, 5.74) is 0. The predicted molar refractivity (Wildman–Crippen MR) is 72.3 cm³/mol. The summed E-state index contributed by atoms with van der Waals surface area (Å²) in [6.07, 6.45) is 4.67. The smallest absolute Gasteiger partial charge is 0.137 e. The number of rotatable bonds is 5. The molecule has 5 heteroatoms. The van der Waals surface area contributed by atoms with Gasteiger partial charge in [0.05, 0.1) is 6.54 Å². The number of piperidine rings is 1. The lowest BCUT2D eigenvalue weighted by Gasteiger charge is -2.41. The minimum atomic E-state index is 0.705. The SMILES string of the molecule is CCN1CC[C@@H](N(C)CCn2cncn2)[C@H](C)C1. The fourth-order valence-corrected chi connectivity index (χ4v) is 2.94. The molecule has 0 aromatic carbocycles. The van der Waals surface area contributed by atoms with Crippen LogP contribution in [0.1, 0.15) is 20.3 Å². The Labute approximate surface area is 110 Å². The molecule has 18 heavy (non-hydrogen) atoms. The summed E-state index contributed by atoms with van der Waals surface area (Å²) >= 11 is 0. The second kappa shape index (κ2) is 6.29. The van der Waals surface area contributed by atoms with Gasteiger partial charge in [-0.1, -0.05) is 13.8 Å². The van der Waals surface area contributed by atoms with Crippen LogP contribution in [0.5, 0.6) is 0 Å². The second-order valence-electron chi connectivity index (χ2n) is 5.37. The summed E-state index contributed by atoms with van der Waals surface area (Å²) in [6, 6.07) is 0.705. The van der Waals surface area contributed by atoms with Crippen molar-refractivity contribution in [3.05, 3.63) is 12.7 Å². The van der Waals surface area contributed by atoms with Crippen molar-refractivity contribution in [2.75, 3.05) is 33.2 Å². The van der Waals surface area contributed by atoms with Crippen LogP contribution in [-0.2, 0) is 6.54 Å². The maximum absolute atomic E-state index is 4.15. The van der Waals surface area contributed by atoms with Gasteiger partial charge < -0.3 is 9.80 Å². The molecular weight excluding hydrogens is 226 g/mol. The molecule has 0 radical (unpaired) electrons. The van der Waals surface area contributed by atoms with Crippen molar-refractivity contribution in [2.24, 2.45) is 5.92 Å². The minimum absolute atomic E-state index is 0.705. The fourth-order valence-electron chi connectivity index (χ4n) is 2.94.